The number of carbonyl (C=O) groups excluding carboxylic acids is 1. The summed E-state index contributed by atoms with van der Waals surface area (Å²) in [4.78, 5) is 15.8. The van der Waals surface area contributed by atoms with E-state index in [0.29, 0.717) is 43.5 Å². The van der Waals surface area contributed by atoms with Gasteiger partial charge in [-0.1, -0.05) is 37.8 Å². The third-order valence-corrected chi connectivity index (χ3v) is 4.99. The van der Waals surface area contributed by atoms with Gasteiger partial charge in [-0.3, -0.25) is 4.79 Å². The van der Waals surface area contributed by atoms with Crippen LogP contribution in [0.5, 0.6) is 0 Å². The number of ether oxygens (including phenoxy) is 1. The molecule has 0 radical (unpaired) electrons. The summed E-state index contributed by atoms with van der Waals surface area (Å²) in [6.45, 7) is 6.89. The minimum atomic E-state index is 0.265. The average Bonchev–Trinajstić information content (AvgIpc) is 3.07. The molecule has 0 fully saturated rings. The molecule has 1 aromatic heterocycles. The van der Waals surface area contributed by atoms with Gasteiger partial charge in [-0.15, -0.1) is 11.8 Å². The molecule has 0 aliphatic heterocycles. The zero-order chi connectivity index (χ0) is 19.5. The largest absolute Gasteiger partial charge is 0.441 e. The molecule has 2 aromatic rings. The van der Waals surface area contributed by atoms with Gasteiger partial charge in [-0.05, 0) is 31.0 Å². The number of benzene rings is 1. The summed E-state index contributed by atoms with van der Waals surface area (Å²) in [6.07, 6.45) is 2.31. The molecule has 0 spiro atoms. The van der Waals surface area contributed by atoms with E-state index < -0.39 is 0 Å². The summed E-state index contributed by atoms with van der Waals surface area (Å²) < 4.78 is 11.4. The third kappa shape index (κ3) is 7.24. The molecule has 5 heteroatoms. The number of hydrogen-bond donors (Lipinski definition) is 0. The lowest BCUT2D eigenvalue weighted by Gasteiger charge is -1.98. The average molecular weight is 386 g/mol. The molecule has 2 rings (SSSR count). The Balaban J connectivity index is 1.72. The van der Waals surface area contributed by atoms with Gasteiger partial charge in [0.15, 0.2) is 0 Å². The number of rotatable bonds is 10. The number of oxazole rings is 1. The fourth-order valence-corrected chi connectivity index (χ4v) is 3.12. The fraction of sp³-hybridized carbons (Fsp3) is 0.455. The van der Waals surface area contributed by atoms with E-state index >= 15 is 0 Å². The van der Waals surface area contributed by atoms with E-state index in [2.05, 4.69) is 35.9 Å². The van der Waals surface area contributed by atoms with Crippen molar-refractivity contribution in [3.63, 3.8) is 0 Å². The van der Waals surface area contributed by atoms with Crippen LogP contribution in [0.25, 0.3) is 11.5 Å². The molecule has 0 amide bonds. The molecule has 0 saturated heterocycles. The van der Waals surface area contributed by atoms with Crippen LogP contribution < -0.4 is 0 Å². The zero-order valence-corrected chi connectivity index (χ0v) is 17.2. The Hall–Kier alpha value is -2.03. The van der Waals surface area contributed by atoms with Crippen LogP contribution in [0.3, 0.4) is 0 Å². The van der Waals surface area contributed by atoms with Crippen LogP contribution in [-0.2, 0) is 22.4 Å². The predicted octanol–water partition coefficient (Wildman–Crippen LogP) is 4.49. The van der Waals surface area contributed by atoms with Crippen LogP contribution in [0.4, 0.5) is 0 Å². The zero-order valence-electron chi connectivity index (χ0n) is 16.3. The number of thioether (sulfide) groups is 1. The van der Waals surface area contributed by atoms with Gasteiger partial charge in [-0.2, -0.15) is 0 Å². The highest BCUT2D eigenvalue weighted by molar-refractivity contribution is 8.00. The molecular formula is C22H27NO3S. The maximum absolute atomic E-state index is 11.2. The lowest BCUT2D eigenvalue weighted by atomic mass is 10.1. The van der Waals surface area contributed by atoms with Gasteiger partial charge < -0.3 is 9.15 Å². The van der Waals surface area contributed by atoms with Crippen molar-refractivity contribution in [2.24, 2.45) is 0 Å². The first kappa shape index (κ1) is 21.3. The van der Waals surface area contributed by atoms with Gasteiger partial charge in [0.1, 0.15) is 18.2 Å². The molecule has 1 heterocycles. The van der Waals surface area contributed by atoms with Gasteiger partial charge >= 0.3 is 0 Å². The third-order valence-electron chi connectivity index (χ3n) is 4.12. The summed E-state index contributed by atoms with van der Waals surface area (Å²) >= 11 is 1.55. The van der Waals surface area contributed by atoms with Gasteiger partial charge in [0.05, 0.1) is 23.8 Å². The molecule has 0 aliphatic rings. The van der Waals surface area contributed by atoms with Crippen LogP contribution in [0.2, 0.25) is 0 Å². The lowest BCUT2D eigenvalue weighted by Crippen LogP contribution is -2.01. The van der Waals surface area contributed by atoms with Crippen LogP contribution in [0.15, 0.2) is 28.7 Å². The Kier molecular flexibility index (Phi) is 9.17. The number of Topliss-reactive ketones (excluding diaryl/α,β-unsaturated/α-hetero) is 1. The van der Waals surface area contributed by atoms with Crippen molar-refractivity contribution in [3.8, 4) is 23.3 Å². The maximum atomic E-state index is 11.2. The second kappa shape index (κ2) is 11.6. The summed E-state index contributed by atoms with van der Waals surface area (Å²) in [6, 6.07) is 8.30. The van der Waals surface area contributed by atoms with Gasteiger partial charge in [0.25, 0.3) is 0 Å². The molecule has 0 N–H and O–H groups in total. The smallest absolute Gasteiger partial charge is 0.226 e. The Morgan fingerprint density at radius 2 is 2.00 bits per heavy atom. The molecule has 0 atom stereocenters. The van der Waals surface area contributed by atoms with E-state index in [-0.39, 0.29) is 5.78 Å². The minimum Gasteiger partial charge on any atom is -0.441 e. The van der Waals surface area contributed by atoms with Crippen molar-refractivity contribution in [1.29, 1.82) is 0 Å². The molecule has 0 unspecified atom stereocenters. The topological polar surface area (TPSA) is 52.3 Å². The monoisotopic (exact) mass is 385 g/mol. The summed E-state index contributed by atoms with van der Waals surface area (Å²) in [5, 5.41) is 0. The van der Waals surface area contributed by atoms with Crippen molar-refractivity contribution in [1.82, 2.24) is 4.98 Å². The maximum Gasteiger partial charge on any atom is 0.226 e. The second-order valence-electron chi connectivity index (χ2n) is 6.11. The highest BCUT2D eigenvalue weighted by atomic mass is 32.2. The van der Waals surface area contributed by atoms with Crippen LogP contribution in [-0.4, -0.2) is 35.5 Å². The Morgan fingerprint density at radius 3 is 2.70 bits per heavy atom. The molecule has 27 heavy (non-hydrogen) atoms. The normalized spacial score (nSPS) is 10.5. The number of nitrogens with zero attached hydrogens (tertiary/aromatic N) is 1. The fourth-order valence-electron chi connectivity index (χ4n) is 2.38. The SMILES string of the molecule is CCC(=O)CSCC#CCOCCc1nc(-c2ccc(CC)cc2)oc1C. The van der Waals surface area contributed by atoms with Crippen LogP contribution in [0.1, 0.15) is 37.3 Å². The van der Waals surface area contributed by atoms with Gasteiger partial charge in [-0.25, -0.2) is 4.98 Å². The van der Waals surface area contributed by atoms with E-state index in [1.165, 1.54) is 5.56 Å². The quantitative estimate of drug-likeness (QED) is 0.446. The number of aryl methyl sites for hydroxylation is 2. The van der Waals surface area contributed by atoms with E-state index in [1.807, 2.05) is 26.0 Å². The highest BCUT2D eigenvalue weighted by Crippen LogP contribution is 2.22. The van der Waals surface area contributed by atoms with E-state index in [1.54, 1.807) is 11.8 Å². The van der Waals surface area contributed by atoms with E-state index in [4.69, 9.17) is 9.15 Å². The molecule has 0 saturated carbocycles. The summed E-state index contributed by atoms with van der Waals surface area (Å²) in [5.74, 6) is 8.94. The van der Waals surface area contributed by atoms with Crippen molar-refractivity contribution in [2.75, 3.05) is 24.7 Å². The van der Waals surface area contributed by atoms with Crippen LogP contribution >= 0.6 is 11.8 Å². The Bertz CT molecular complexity index is 784. The molecule has 1 aromatic carbocycles. The van der Waals surface area contributed by atoms with E-state index in [9.17, 15) is 4.79 Å². The van der Waals surface area contributed by atoms with Gasteiger partial charge in [0, 0.05) is 18.4 Å². The van der Waals surface area contributed by atoms with Crippen molar-refractivity contribution < 1.29 is 13.9 Å². The first-order valence-electron chi connectivity index (χ1n) is 9.32. The molecule has 0 aliphatic carbocycles. The Morgan fingerprint density at radius 1 is 1.22 bits per heavy atom. The minimum absolute atomic E-state index is 0.265. The van der Waals surface area contributed by atoms with Crippen molar-refractivity contribution >= 4 is 17.5 Å². The first-order valence-corrected chi connectivity index (χ1v) is 10.5. The van der Waals surface area contributed by atoms with Gasteiger partial charge in [0.2, 0.25) is 5.89 Å². The number of hydrogen-bond acceptors (Lipinski definition) is 5. The standard InChI is InChI=1S/C22H27NO3S/c1-4-18-8-10-19(11-9-18)22-23-21(17(3)26-22)12-14-25-13-6-7-15-27-16-20(24)5-2/h8-11H,4-5,12-16H2,1-3H3. The summed E-state index contributed by atoms with van der Waals surface area (Å²) in [7, 11) is 0. The number of ketones is 1. The summed E-state index contributed by atoms with van der Waals surface area (Å²) in [5.41, 5.74) is 3.21. The predicted molar refractivity (Wildman–Crippen MR) is 111 cm³/mol. The van der Waals surface area contributed by atoms with Crippen molar-refractivity contribution in [2.45, 2.75) is 40.0 Å². The van der Waals surface area contributed by atoms with Crippen LogP contribution in [0, 0.1) is 18.8 Å². The lowest BCUT2D eigenvalue weighted by molar-refractivity contribution is -0.116. The van der Waals surface area contributed by atoms with Crippen molar-refractivity contribution in [3.05, 3.63) is 41.3 Å². The van der Waals surface area contributed by atoms with E-state index in [0.717, 1.165) is 23.4 Å². The second-order valence-corrected chi connectivity index (χ2v) is 7.10. The number of carbonyl (C=O) groups is 1. The molecule has 4 nitrogen and oxygen atoms in total. The Labute approximate surface area is 166 Å². The highest BCUT2D eigenvalue weighted by Gasteiger charge is 2.11. The number of aromatic nitrogens is 1. The molecule has 0 bridgehead atoms. The first-order chi connectivity index (χ1) is 13.1. The molecular weight excluding hydrogens is 358 g/mol. The molecule has 144 valence electrons.